The second kappa shape index (κ2) is 5.37. The third kappa shape index (κ3) is 3.13. The van der Waals surface area contributed by atoms with E-state index in [-0.39, 0.29) is 0 Å². The number of thioether (sulfide) groups is 1. The van der Waals surface area contributed by atoms with Crippen LogP contribution >= 0.6 is 34.4 Å². The highest BCUT2D eigenvalue weighted by molar-refractivity contribution is 14.1. The highest BCUT2D eigenvalue weighted by Crippen LogP contribution is 2.09. The summed E-state index contributed by atoms with van der Waals surface area (Å²) in [7, 11) is 0. The molecule has 0 aromatic carbocycles. The fourth-order valence-electron chi connectivity index (χ4n) is 1.53. The molecule has 1 aromatic heterocycles. The second-order valence-corrected chi connectivity index (χ2v) is 5.85. The predicted octanol–water partition coefficient (Wildman–Crippen LogP) is 1.54. The fourth-order valence-corrected chi connectivity index (χ4v) is 2.95. The topological polar surface area (TPSA) is 21.1 Å². The molecular formula is C9H14IN3S. The highest BCUT2D eigenvalue weighted by atomic mass is 127. The molecule has 1 fully saturated rings. The lowest BCUT2D eigenvalue weighted by molar-refractivity contribution is 0.284. The Bertz CT molecular complexity index is 283. The van der Waals surface area contributed by atoms with Crippen LogP contribution < -0.4 is 0 Å². The van der Waals surface area contributed by atoms with Crippen LogP contribution in [0.2, 0.25) is 0 Å². The van der Waals surface area contributed by atoms with Gasteiger partial charge in [0.1, 0.15) is 0 Å². The average molecular weight is 323 g/mol. The predicted molar refractivity (Wildman–Crippen MR) is 68.7 cm³/mol. The van der Waals surface area contributed by atoms with E-state index >= 15 is 0 Å². The van der Waals surface area contributed by atoms with Crippen molar-refractivity contribution in [3.63, 3.8) is 0 Å². The lowest BCUT2D eigenvalue weighted by Crippen LogP contribution is -2.35. The van der Waals surface area contributed by atoms with E-state index in [4.69, 9.17) is 0 Å². The molecule has 1 saturated heterocycles. The molecule has 2 rings (SSSR count). The Labute approximate surface area is 102 Å². The van der Waals surface area contributed by atoms with Gasteiger partial charge in [0, 0.05) is 37.3 Å². The summed E-state index contributed by atoms with van der Waals surface area (Å²) in [6.45, 7) is 4.64. The van der Waals surface area contributed by atoms with Gasteiger partial charge in [-0.15, -0.1) is 0 Å². The van der Waals surface area contributed by atoms with Crippen molar-refractivity contribution in [1.82, 2.24) is 14.7 Å². The Morgan fingerprint density at radius 3 is 2.79 bits per heavy atom. The fraction of sp³-hybridized carbons (Fsp3) is 0.667. The van der Waals surface area contributed by atoms with Crippen LogP contribution in [-0.4, -0.2) is 45.8 Å². The standard InChI is InChI=1S/C9H14IN3S/c10-9-7-11-13(8-9)2-1-12-3-5-14-6-4-12/h7-8H,1-6H2. The third-order valence-corrected chi connectivity index (χ3v) is 3.85. The minimum Gasteiger partial charge on any atom is -0.300 e. The maximum Gasteiger partial charge on any atom is 0.0623 e. The summed E-state index contributed by atoms with van der Waals surface area (Å²) in [4.78, 5) is 2.52. The van der Waals surface area contributed by atoms with Crippen LogP contribution in [-0.2, 0) is 6.54 Å². The maximum absolute atomic E-state index is 4.28. The Hall–Kier alpha value is 0.250. The number of aromatic nitrogens is 2. The van der Waals surface area contributed by atoms with E-state index in [0.29, 0.717) is 0 Å². The van der Waals surface area contributed by atoms with Gasteiger partial charge in [-0.05, 0) is 22.6 Å². The van der Waals surface area contributed by atoms with Gasteiger partial charge in [0.25, 0.3) is 0 Å². The second-order valence-electron chi connectivity index (χ2n) is 3.38. The van der Waals surface area contributed by atoms with Crippen molar-refractivity contribution in [3.05, 3.63) is 16.0 Å². The first-order valence-electron chi connectivity index (χ1n) is 4.82. The van der Waals surface area contributed by atoms with Crippen LogP contribution in [0.4, 0.5) is 0 Å². The zero-order valence-electron chi connectivity index (χ0n) is 8.03. The molecule has 14 heavy (non-hydrogen) atoms. The third-order valence-electron chi connectivity index (χ3n) is 2.35. The van der Waals surface area contributed by atoms with E-state index in [1.165, 1.54) is 28.2 Å². The summed E-state index contributed by atoms with van der Waals surface area (Å²) in [6.07, 6.45) is 4.01. The van der Waals surface area contributed by atoms with Crippen molar-refractivity contribution >= 4 is 34.4 Å². The number of rotatable bonds is 3. The molecule has 2 heterocycles. The Morgan fingerprint density at radius 1 is 1.36 bits per heavy atom. The van der Waals surface area contributed by atoms with Crippen LogP contribution in [0.15, 0.2) is 12.4 Å². The van der Waals surface area contributed by atoms with E-state index in [9.17, 15) is 0 Å². The lowest BCUT2D eigenvalue weighted by atomic mass is 10.4. The van der Waals surface area contributed by atoms with Crippen LogP contribution in [0, 0.1) is 3.57 Å². The summed E-state index contributed by atoms with van der Waals surface area (Å²) in [6, 6.07) is 0. The first-order valence-corrected chi connectivity index (χ1v) is 7.06. The zero-order valence-corrected chi connectivity index (χ0v) is 11.0. The van der Waals surface area contributed by atoms with Gasteiger partial charge in [0.05, 0.1) is 16.3 Å². The Balaban J connectivity index is 1.76. The van der Waals surface area contributed by atoms with Crippen LogP contribution in [0.25, 0.3) is 0 Å². The molecular weight excluding hydrogens is 309 g/mol. The molecule has 0 saturated carbocycles. The summed E-state index contributed by atoms with van der Waals surface area (Å²) < 4.78 is 3.25. The number of hydrogen-bond acceptors (Lipinski definition) is 3. The smallest absolute Gasteiger partial charge is 0.0623 e. The summed E-state index contributed by atoms with van der Waals surface area (Å²) in [5, 5.41) is 4.28. The zero-order chi connectivity index (χ0) is 9.80. The number of hydrogen-bond donors (Lipinski definition) is 0. The SMILES string of the molecule is Ic1cnn(CCN2CCSCC2)c1. The number of nitrogens with zero attached hydrogens (tertiary/aromatic N) is 3. The van der Waals surface area contributed by atoms with Crippen molar-refractivity contribution in [2.45, 2.75) is 6.54 Å². The summed E-state index contributed by atoms with van der Waals surface area (Å²) in [5.41, 5.74) is 0. The van der Waals surface area contributed by atoms with Gasteiger partial charge in [0.15, 0.2) is 0 Å². The maximum atomic E-state index is 4.28. The molecule has 0 N–H and O–H groups in total. The van der Waals surface area contributed by atoms with E-state index in [2.05, 4.69) is 50.5 Å². The molecule has 0 atom stereocenters. The van der Waals surface area contributed by atoms with E-state index in [1.54, 1.807) is 0 Å². The van der Waals surface area contributed by atoms with E-state index < -0.39 is 0 Å². The molecule has 1 aliphatic rings. The van der Waals surface area contributed by atoms with Crippen molar-refractivity contribution in [1.29, 1.82) is 0 Å². The van der Waals surface area contributed by atoms with E-state index in [1.807, 2.05) is 10.9 Å². The van der Waals surface area contributed by atoms with E-state index in [0.717, 1.165) is 13.1 Å². The molecule has 5 heteroatoms. The van der Waals surface area contributed by atoms with Gasteiger partial charge in [-0.25, -0.2) is 0 Å². The van der Waals surface area contributed by atoms with Crippen LogP contribution in [0.5, 0.6) is 0 Å². The number of halogens is 1. The molecule has 78 valence electrons. The molecule has 0 unspecified atom stereocenters. The average Bonchev–Trinajstić information content (AvgIpc) is 2.63. The van der Waals surface area contributed by atoms with Crippen molar-refractivity contribution in [3.8, 4) is 0 Å². The lowest BCUT2D eigenvalue weighted by Gasteiger charge is -2.25. The van der Waals surface area contributed by atoms with Crippen molar-refractivity contribution in [2.24, 2.45) is 0 Å². The van der Waals surface area contributed by atoms with Crippen molar-refractivity contribution in [2.75, 3.05) is 31.1 Å². The monoisotopic (exact) mass is 323 g/mol. The quantitative estimate of drug-likeness (QED) is 0.788. The minimum absolute atomic E-state index is 1.02. The summed E-state index contributed by atoms with van der Waals surface area (Å²) >= 11 is 4.35. The molecule has 0 spiro atoms. The molecule has 1 aliphatic heterocycles. The normalized spacial score (nSPS) is 18.6. The Kier molecular flexibility index (Phi) is 4.12. The summed E-state index contributed by atoms with van der Waals surface area (Å²) in [5.74, 6) is 2.58. The van der Waals surface area contributed by atoms with Gasteiger partial charge in [-0.2, -0.15) is 16.9 Å². The first kappa shape index (κ1) is 10.8. The molecule has 1 aromatic rings. The van der Waals surface area contributed by atoms with Crippen LogP contribution in [0.3, 0.4) is 0 Å². The molecule has 3 nitrogen and oxygen atoms in total. The first-order chi connectivity index (χ1) is 6.84. The molecule has 0 radical (unpaired) electrons. The van der Waals surface area contributed by atoms with Gasteiger partial charge in [-0.1, -0.05) is 0 Å². The molecule has 0 aliphatic carbocycles. The van der Waals surface area contributed by atoms with Gasteiger partial charge in [0.2, 0.25) is 0 Å². The largest absolute Gasteiger partial charge is 0.300 e. The van der Waals surface area contributed by atoms with Crippen molar-refractivity contribution < 1.29 is 0 Å². The van der Waals surface area contributed by atoms with Gasteiger partial charge in [-0.3, -0.25) is 9.58 Å². The van der Waals surface area contributed by atoms with Crippen LogP contribution in [0.1, 0.15) is 0 Å². The Morgan fingerprint density at radius 2 is 2.14 bits per heavy atom. The van der Waals surface area contributed by atoms with Gasteiger partial charge < -0.3 is 0 Å². The molecule has 0 amide bonds. The molecule has 0 bridgehead atoms. The highest BCUT2D eigenvalue weighted by Gasteiger charge is 2.09. The van der Waals surface area contributed by atoms with Gasteiger partial charge >= 0.3 is 0 Å². The minimum atomic E-state index is 1.02.